The van der Waals surface area contributed by atoms with Crippen molar-refractivity contribution in [1.29, 1.82) is 0 Å². The van der Waals surface area contributed by atoms with Crippen LogP contribution >= 0.6 is 0 Å². The Morgan fingerprint density at radius 1 is 1.25 bits per heavy atom. The maximum absolute atomic E-state index is 13.3. The molecule has 0 radical (unpaired) electrons. The molecule has 0 spiro atoms. The highest BCUT2D eigenvalue weighted by Crippen LogP contribution is 2.17. The monoisotopic (exact) mass is 285 g/mol. The molecule has 1 aromatic rings. The van der Waals surface area contributed by atoms with Gasteiger partial charge in [0.1, 0.15) is 17.3 Å². The van der Waals surface area contributed by atoms with Crippen LogP contribution in [-0.4, -0.2) is 43.4 Å². The molecule has 0 bridgehead atoms. The van der Waals surface area contributed by atoms with E-state index in [1.54, 1.807) is 21.0 Å². The molecule has 0 saturated carbocycles. The molecule has 0 aromatic heterocycles. The second-order valence-corrected chi connectivity index (χ2v) is 4.48. The number of hydrogen-bond donors (Lipinski definition) is 2. The van der Waals surface area contributed by atoms with Gasteiger partial charge in [-0.1, -0.05) is 6.07 Å². The molecule has 2 N–H and O–H groups in total. The third-order valence-corrected chi connectivity index (χ3v) is 2.61. The molecule has 0 heterocycles. The number of nitrogens with one attached hydrogen (secondary N) is 2. The zero-order valence-corrected chi connectivity index (χ0v) is 11.5. The van der Waals surface area contributed by atoms with E-state index in [1.165, 1.54) is 11.0 Å². The number of hydrogen-bond acceptors (Lipinski definition) is 3. The SMILES string of the molecule is CC(NCC(=O)Nc1c(F)cccc1F)C(=O)N(C)C. The average Bonchev–Trinajstić information content (AvgIpc) is 2.39. The minimum Gasteiger partial charge on any atom is -0.347 e. The molecule has 0 fully saturated rings. The molecule has 0 aliphatic carbocycles. The van der Waals surface area contributed by atoms with E-state index in [-0.39, 0.29) is 12.5 Å². The Labute approximate surface area is 115 Å². The zero-order chi connectivity index (χ0) is 15.3. The van der Waals surface area contributed by atoms with Crippen molar-refractivity contribution in [3.63, 3.8) is 0 Å². The van der Waals surface area contributed by atoms with Gasteiger partial charge in [0.25, 0.3) is 0 Å². The summed E-state index contributed by atoms with van der Waals surface area (Å²) in [6.07, 6.45) is 0. The summed E-state index contributed by atoms with van der Waals surface area (Å²) in [4.78, 5) is 24.5. The smallest absolute Gasteiger partial charge is 0.238 e. The molecule has 2 amide bonds. The standard InChI is InChI=1S/C13H17F2N3O2/c1-8(13(20)18(2)3)16-7-11(19)17-12-9(14)5-4-6-10(12)15/h4-6,8,16H,7H2,1-3H3,(H,17,19). The summed E-state index contributed by atoms with van der Waals surface area (Å²) in [5.41, 5.74) is -0.495. The number of likely N-dealkylation sites (N-methyl/N-ethyl adjacent to an activating group) is 1. The number of carbonyl (C=O) groups is 2. The van der Waals surface area contributed by atoms with Crippen molar-refractivity contribution in [3.05, 3.63) is 29.8 Å². The number of anilines is 1. The summed E-state index contributed by atoms with van der Waals surface area (Å²) in [6.45, 7) is 1.37. The molecule has 20 heavy (non-hydrogen) atoms. The fourth-order valence-corrected chi connectivity index (χ4v) is 1.52. The number of para-hydroxylation sites is 1. The normalized spacial score (nSPS) is 11.8. The van der Waals surface area contributed by atoms with Crippen molar-refractivity contribution in [2.45, 2.75) is 13.0 Å². The van der Waals surface area contributed by atoms with Crippen molar-refractivity contribution >= 4 is 17.5 Å². The molecule has 1 atom stereocenters. The topological polar surface area (TPSA) is 61.4 Å². The lowest BCUT2D eigenvalue weighted by Crippen LogP contribution is -2.44. The van der Waals surface area contributed by atoms with E-state index in [0.29, 0.717) is 0 Å². The first kappa shape index (κ1) is 16.0. The Bertz CT molecular complexity index is 486. The van der Waals surface area contributed by atoms with Crippen LogP contribution in [0.25, 0.3) is 0 Å². The summed E-state index contributed by atoms with van der Waals surface area (Å²) in [5.74, 6) is -2.53. The number of rotatable bonds is 5. The molecule has 0 saturated heterocycles. The third kappa shape index (κ3) is 4.27. The Balaban J connectivity index is 2.55. The van der Waals surface area contributed by atoms with E-state index in [2.05, 4.69) is 10.6 Å². The lowest BCUT2D eigenvalue weighted by Gasteiger charge is -2.17. The number of halogens is 2. The Morgan fingerprint density at radius 3 is 2.30 bits per heavy atom. The molecule has 7 heteroatoms. The van der Waals surface area contributed by atoms with Gasteiger partial charge in [-0.05, 0) is 19.1 Å². The first-order chi connectivity index (χ1) is 9.32. The van der Waals surface area contributed by atoms with Crippen LogP contribution in [0.3, 0.4) is 0 Å². The molecular formula is C13H17F2N3O2. The van der Waals surface area contributed by atoms with Gasteiger partial charge in [0.2, 0.25) is 11.8 Å². The van der Waals surface area contributed by atoms with Gasteiger partial charge in [0.05, 0.1) is 12.6 Å². The number of nitrogens with zero attached hydrogens (tertiary/aromatic N) is 1. The lowest BCUT2D eigenvalue weighted by molar-refractivity contribution is -0.130. The van der Waals surface area contributed by atoms with Gasteiger partial charge in [0.15, 0.2) is 0 Å². The fraction of sp³-hybridized carbons (Fsp3) is 0.385. The minimum atomic E-state index is -0.851. The van der Waals surface area contributed by atoms with Crippen LogP contribution in [-0.2, 0) is 9.59 Å². The van der Waals surface area contributed by atoms with E-state index in [4.69, 9.17) is 0 Å². The Morgan fingerprint density at radius 2 is 1.80 bits per heavy atom. The summed E-state index contributed by atoms with van der Waals surface area (Å²) < 4.78 is 26.6. The Hall–Kier alpha value is -2.02. The van der Waals surface area contributed by atoms with Crippen LogP contribution in [0.4, 0.5) is 14.5 Å². The third-order valence-electron chi connectivity index (χ3n) is 2.61. The second kappa shape index (κ2) is 6.95. The van der Waals surface area contributed by atoms with Crippen LogP contribution in [0.15, 0.2) is 18.2 Å². The van der Waals surface area contributed by atoms with Crippen LogP contribution in [0.5, 0.6) is 0 Å². The van der Waals surface area contributed by atoms with Gasteiger partial charge in [-0.25, -0.2) is 8.78 Å². The summed E-state index contributed by atoms with van der Waals surface area (Å²) in [5, 5.41) is 4.80. The van der Waals surface area contributed by atoms with Crippen LogP contribution < -0.4 is 10.6 Å². The van der Waals surface area contributed by atoms with Gasteiger partial charge in [-0.3, -0.25) is 14.9 Å². The molecule has 110 valence electrons. The predicted octanol–water partition coefficient (Wildman–Crippen LogP) is 0.970. The van der Waals surface area contributed by atoms with Crippen LogP contribution in [0, 0.1) is 11.6 Å². The highest BCUT2D eigenvalue weighted by Gasteiger charge is 2.16. The molecule has 1 rings (SSSR count). The maximum Gasteiger partial charge on any atom is 0.238 e. The number of amides is 2. The van der Waals surface area contributed by atoms with Crippen molar-refractivity contribution in [2.24, 2.45) is 0 Å². The summed E-state index contributed by atoms with van der Waals surface area (Å²) in [6, 6.07) is 2.73. The highest BCUT2D eigenvalue weighted by atomic mass is 19.1. The second-order valence-electron chi connectivity index (χ2n) is 4.48. The van der Waals surface area contributed by atoms with E-state index in [0.717, 1.165) is 12.1 Å². The largest absolute Gasteiger partial charge is 0.347 e. The number of carbonyl (C=O) groups excluding carboxylic acids is 2. The zero-order valence-electron chi connectivity index (χ0n) is 11.5. The van der Waals surface area contributed by atoms with Crippen molar-refractivity contribution < 1.29 is 18.4 Å². The predicted molar refractivity (Wildman–Crippen MR) is 71.1 cm³/mol. The van der Waals surface area contributed by atoms with Gasteiger partial charge >= 0.3 is 0 Å². The van der Waals surface area contributed by atoms with Gasteiger partial charge in [-0.2, -0.15) is 0 Å². The van der Waals surface area contributed by atoms with Crippen molar-refractivity contribution in [2.75, 3.05) is 26.0 Å². The number of benzene rings is 1. The van der Waals surface area contributed by atoms with E-state index in [9.17, 15) is 18.4 Å². The van der Waals surface area contributed by atoms with E-state index >= 15 is 0 Å². The molecule has 1 unspecified atom stereocenters. The van der Waals surface area contributed by atoms with Gasteiger partial charge < -0.3 is 10.2 Å². The molecular weight excluding hydrogens is 268 g/mol. The van der Waals surface area contributed by atoms with Crippen molar-refractivity contribution in [3.8, 4) is 0 Å². The fourth-order valence-electron chi connectivity index (χ4n) is 1.52. The minimum absolute atomic E-state index is 0.199. The summed E-state index contributed by atoms with van der Waals surface area (Å²) >= 11 is 0. The van der Waals surface area contributed by atoms with E-state index in [1.807, 2.05) is 0 Å². The molecule has 1 aromatic carbocycles. The molecule has 0 aliphatic rings. The quantitative estimate of drug-likeness (QED) is 0.847. The van der Waals surface area contributed by atoms with E-state index < -0.39 is 29.3 Å². The highest BCUT2D eigenvalue weighted by molar-refractivity contribution is 5.93. The van der Waals surface area contributed by atoms with Crippen molar-refractivity contribution in [1.82, 2.24) is 10.2 Å². The van der Waals surface area contributed by atoms with Gasteiger partial charge in [-0.15, -0.1) is 0 Å². The average molecular weight is 285 g/mol. The molecule has 0 aliphatic heterocycles. The Kier molecular flexibility index (Phi) is 5.57. The first-order valence-corrected chi connectivity index (χ1v) is 6.01. The van der Waals surface area contributed by atoms with Crippen LogP contribution in [0.1, 0.15) is 6.92 Å². The summed E-state index contributed by atoms with van der Waals surface area (Å²) in [7, 11) is 3.19. The van der Waals surface area contributed by atoms with Gasteiger partial charge in [0, 0.05) is 14.1 Å². The van der Waals surface area contributed by atoms with Crippen LogP contribution in [0.2, 0.25) is 0 Å². The first-order valence-electron chi connectivity index (χ1n) is 6.01. The lowest BCUT2D eigenvalue weighted by atomic mass is 10.2. The molecule has 5 nitrogen and oxygen atoms in total. The maximum atomic E-state index is 13.3.